The molecule has 1 saturated carbocycles. The summed E-state index contributed by atoms with van der Waals surface area (Å²) in [6.45, 7) is 8.25. The van der Waals surface area contributed by atoms with E-state index in [1.165, 1.54) is 37.8 Å². The van der Waals surface area contributed by atoms with Crippen LogP contribution in [-0.2, 0) is 9.53 Å². The number of pyridine rings is 1. The molecule has 26 heavy (non-hydrogen) atoms. The van der Waals surface area contributed by atoms with E-state index in [4.69, 9.17) is 4.74 Å². The van der Waals surface area contributed by atoms with Gasteiger partial charge in [0, 0.05) is 50.8 Å². The van der Waals surface area contributed by atoms with Crippen molar-refractivity contribution in [3.8, 4) is 0 Å². The lowest BCUT2D eigenvalue weighted by atomic mass is 9.72. The predicted octanol–water partition coefficient (Wildman–Crippen LogP) is 3.50. The van der Waals surface area contributed by atoms with Crippen LogP contribution in [0.1, 0.15) is 51.9 Å². The van der Waals surface area contributed by atoms with Crippen molar-refractivity contribution in [2.45, 2.75) is 58.0 Å². The van der Waals surface area contributed by atoms with Crippen LogP contribution in [0, 0.1) is 5.41 Å². The molecule has 1 aliphatic heterocycles. The number of rotatable bonds is 8. The molecule has 144 valence electrons. The van der Waals surface area contributed by atoms with E-state index in [9.17, 15) is 4.79 Å². The molecule has 1 saturated heterocycles. The third kappa shape index (κ3) is 5.44. The van der Waals surface area contributed by atoms with Gasteiger partial charge in [0.2, 0.25) is 0 Å². The van der Waals surface area contributed by atoms with Crippen molar-refractivity contribution >= 4 is 12.2 Å². The average Bonchev–Trinajstić information content (AvgIpc) is 2.68. The van der Waals surface area contributed by atoms with Crippen LogP contribution in [0.25, 0.3) is 0 Å². The fraction of sp³-hybridized carbons (Fsp3) is 0.714. The largest absolute Gasteiger partial charge is 0.465 e. The maximum atomic E-state index is 11.0. The summed E-state index contributed by atoms with van der Waals surface area (Å²) < 4.78 is 5.47. The summed E-state index contributed by atoms with van der Waals surface area (Å²) in [5, 5.41) is 0. The van der Waals surface area contributed by atoms with Gasteiger partial charge in [-0.3, -0.25) is 14.7 Å². The van der Waals surface area contributed by atoms with E-state index in [0.717, 1.165) is 45.6 Å². The number of aromatic nitrogens is 1. The van der Waals surface area contributed by atoms with E-state index in [2.05, 4.69) is 33.8 Å². The average molecular weight is 360 g/mol. The summed E-state index contributed by atoms with van der Waals surface area (Å²) in [6.07, 6.45) is 12.3. The summed E-state index contributed by atoms with van der Waals surface area (Å²) >= 11 is 0. The van der Waals surface area contributed by atoms with Crippen molar-refractivity contribution < 1.29 is 9.53 Å². The molecule has 2 heterocycles. The normalized spacial score (nSPS) is 22.0. The van der Waals surface area contributed by atoms with E-state index in [-0.39, 0.29) is 6.10 Å². The zero-order chi connectivity index (χ0) is 18.2. The first-order valence-corrected chi connectivity index (χ1v) is 10.1. The topological polar surface area (TPSA) is 45.7 Å². The van der Waals surface area contributed by atoms with E-state index in [1.54, 1.807) is 0 Å². The molecule has 3 rings (SSSR count). The fourth-order valence-corrected chi connectivity index (χ4v) is 4.57. The minimum absolute atomic E-state index is 0.0637. The van der Waals surface area contributed by atoms with Crippen molar-refractivity contribution in [2.75, 3.05) is 37.6 Å². The number of carbonyl (C=O) groups is 1. The quantitative estimate of drug-likeness (QED) is 0.665. The van der Waals surface area contributed by atoms with Crippen molar-refractivity contribution in [2.24, 2.45) is 5.41 Å². The van der Waals surface area contributed by atoms with Crippen molar-refractivity contribution in [1.82, 2.24) is 9.88 Å². The molecule has 2 aliphatic rings. The van der Waals surface area contributed by atoms with Gasteiger partial charge in [0.15, 0.2) is 0 Å². The highest BCUT2D eigenvalue weighted by Crippen LogP contribution is 2.40. The lowest BCUT2D eigenvalue weighted by Gasteiger charge is -2.38. The van der Waals surface area contributed by atoms with Gasteiger partial charge in [-0.25, -0.2) is 0 Å². The smallest absolute Gasteiger partial charge is 0.293 e. The standard InChI is InChI=1S/C21H33N3O2/c1-21(8-3-2-4-9-21)17-20(26-18-25)7-12-23-13-15-24(16-14-23)19-5-10-22-11-6-19/h5-6,10-11,18,20H,2-4,7-9,12-17H2,1H3. The lowest BCUT2D eigenvalue weighted by Crippen LogP contribution is -2.47. The number of nitrogens with zero attached hydrogens (tertiary/aromatic N) is 3. The highest BCUT2D eigenvalue weighted by atomic mass is 16.5. The number of carbonyl (C=O) groups excluding carboxylic acids is 1. The summed E-state index contributed by atoms with van der Waals surface area (Å²) in [5.41, 5.74) is 1.61. The molecule has 0 N–H and O–H groups in total. The second kappa shape index (κ2) is 9.36. The van der Waals surface area contributed by atoms with Gasteiger partial charge in [-0.15, -0.1) is 0 Å². The highest BCUT2D eigenvalue weighted by molar-refractivity contribution is 5.44. The van der Waals surface area contributed by atoms with E-state index in [1.807, 2.05) is 12.4 Å². The van der Waals surface area contributed by atoms with Crippen LogP contribution in [0.5, 0.6) is 0 Å². The molecular weight excluding hydrogens is 326 g/mol. The molecule has 2 fully saturated rings. The Labute approximate surface area is 157 Å². The Balaban J connectivity index is 1.44. The molecule has 0 radical (unpaired) electrons. The highest BCUT2D eigenvalue weighted by Gasteiger charge is 2.31. The lowest BCUT2D eigenvalue weighted by molar-refractivity contribution is -0.135. The molecule has 0 amide bonds. The Kier molecular flexibility index (Phi) is 6.89. The molecule has 5 heteroatoms. The number of hydrogen-bond donors (Lipinski definition) is 0. The molecule has 0 aromatic carbocycles. The van der Waals surface area contributed by atoms with E-state index >= 15 is 0 Å². The summed E-state index contributed by atoms with van der Waals surface area (Å²) in [4.78, 5) is 20.0. The Hall–Kier alpha value is -1.62. The van der Waals surface area contributed by atoms with Crippen LogP contribution in [0.4, 0.5) is 5.69 Å². The third-order valence-electron chi connectivity index (χ3n) is 6.20. The molecule has 1 aromatic heterocycles. The zero-order valence-corrected chi connectivity index (χ0v) is 16.1. The summed E-state index contributed by atoms with van der Waals surface area (Å²) in [7, 11) is 0. The molecule has 1 unspecified atom stereocenters. The monoisotopic (exact) mass is 359 g/mol. The maximum absolute atomic E-state index is 11.0. The third-order valence-corrected chi connectivity index (χ3v) is 6.20. The van der Waals surface area contributed by atoms with Gasteiger partial charge in [0.25, 0.3) is 6.47 Å². The first-order chi connectivity index (χ1) is 12.7. The van der Waals surface area contributed by atoms with Gasteiger partial charge in [0.1, 0.15) is 6.10 Å². The second-order valence-corrected chi connectivity index (χ2v) is 8.25. The van der Waals surface area contributed by atoms with Gasteiger partial charge in [-0.2, -0.15) is 0 Å². The van der Waals surface area contributed by atoms with E-state index in [0.29, 0.717) is 11.9 Å². The minimum atomic E-state index is 0.0637. The van der Waals surface area contributed by atoms with Gasteiger partial charge < -0.3 is 9.64 Å². The Bertz CT molecular complexity index is 537. The first-order valence-electron chi connectivity index (χ1n) is 10.1. The minimum Gasteiger partial charge on any atom is -0.465 e. The van der Waals surface area contributed by atoms with E-state index < -0.39 is 0 Å². The Morgan fingerprint density at radius 1 is 1.15 bits per heavy atom. The molecule has 1 atom stereocenters. The predicted molar refractivity (Wildman–Crippen MR) is 104 cm³/mol. The van der Waals surface area contributed by atoms with Crippen LogP contribution in [0.3, 0.4) is 0 Å². The first kappa shape index (κ1) is 19.2. The van der Waals surface area contributed by atoms with Crippen LogP contribution < -0.4 is 4.90 Å². The summed E-state index contributed by atoms with van der Waals surface area (Å²) in [6, 6.07) is 4.16. The Morgan fingerprint density at radius 3 is 2.50 bits per heavy atom. The molecule has 5 nitrogen and oxygen atoms in total. The molecule has 0 bridgehead atoms. The van der Waals surface area contributed by atoms with Crippen LogP contribution in [0.2, 0.25) is 0 Å². The van der Waals surface area contributed by atoms with Crippen LogP contribution >= 0.6 is 0 Å². The number of hydrogen-bond acceptors (Lipinski definition) is 5. The van der Waals surface area contributed by atoms with Gasteiger partial charge in [-0.05, 0) is 43.2 Å². The zero-order valence-electron chi connectivity index (χ0n) is 16.1. The molecule has 0 spiro atoms. The number of ether oxygens (including phenoxy) is 1. The van der Waals surface area contributed by atoms with Gasteiger partial charge in [0.05, 0.1) is 0 Å². The SMILES string of the molecule is CC1(CC(CCN2CCN(c3ccncc3)CC2)OC=O)CCCCC1. The molecular formula is C21H33N3O2. The fourth-order valence-electron chi connectivity index (χ4n) is 4.57. The molecule has 1 aliphatic carbocycles. The number of piperazine rings is 1. The Morgan fingerprint density at radius 2 is 1.85 bits per heavy atom. The van der Waals surface area contributed by atoms with Crippen molar-refractivity contribution in [3.05, 3.63) is 24.5 Å². The van der Waals surface area contributed by atoms with Crippen LogP contribution in [0.15, 0.2) is 24.5 Å². The maximum Gasteiger partial charge on any atom is 0.293 e. The second-order valence-electron chi connectivity index (χ2n) is 8.25. The molecule has 1 aromatic rings. The number of anilines is 1. The van der Waals surface area contributed by atoms with Crippen LogP contribution in [-0.4, -0.2) is 55.2 Å². The van der Waals surface area contributed by atoms with Gasteiger partial charge in [-0.1, -0.05) is 26.2 Å². The van der Waals surface area contributed by atoms with Gasteiger partial charge >= 0.3 is 0 Å². The van der Waals surface area contributed by atoms with Crippen molar-refractivity contribution in [3.63, 3.8) is 0 Å². The summed E-state index contributed by atoms with van der Waals surface area (Å²) in [5.74, 6) is 0. The van der Waals surface area contributed by atoms with Crippen molar-refractivity contribution in [1.29, 1.82) is 0 Å².